The minimum Gasteiger partial charge on any atom is -0.508 e. The summed E-state index contributed by atoms with van der Waals surface area (Å²) in [4.78, 5) is 0. The average Bonchev–Trinajstić information content (AvgIpc) is 3.63. The molecule has 0 saturated heterocycles. The number of hydrazine groups is 2. The van der Waals surface area contributed by atoms with Gasteiger partial charge in [0, 0.05) is 11.1 Å². The molecule has 8 nitrogen and oxygen atoms in total. The molecule has 0 fully saturated rings. The molecule has 0 saturated carbocycles. The maximum Gasteiger partial charge on any atom is 0.121 e. The number of unbranched alkanes of at least 4 members (excludes halogenated alkanes) is 2. The molecule has 216 valence electrons. The summed E-state index contributed by atoms with van der Waals surface area (Å²) in [5, 5.41) is 36.4. The standard InChI is InChI=1S/C34H38N6O2/c1-5-6-9-18-34(3,4)23-14-17-29(41)24(20-23)33(40-28-11-8-7-10-26(28)37-39-40)32-30(42)16-12-21(2)31(32)22-13-15-25-27(19-22)36-38-35-25/h7-8,10-17,19-20,33,37,39,41-42H,5-6,9,18H2,1-4H3,(H,35,36,38). The third-order valence-electron chi connectivity index (χ3n) is 8.55. The third kappa shape index (κ3) is 4.92. The van der Waals surface area contributed by atoms with Crippen molar-refractivity contribution >= 4 is 22.4 Å². The molecule has 0 radical (unpaired) electrons. The second-order valence-corrected chi connectivity index (χ2v) is 11.9. The number of phenols is 2. The van der Waals surface area contributed by atoms with E-state index in [0.717, 1.165) is 57.5 Å². The lowest BCUT2D eigenvalue weighted by atomic mass is 9.78. The van der Waals surface area contributed by atoms with E-state index in [1.165, 1.54) is 12.8 Å². The van der Waals surface area contributed by atoms with E-state index in [9.17, 15) is 10.2 Å². The lowest BCUT2D eigenvalue weighted by molar-refractivity contribution is 0.438. The lowest BCUT2D eigenvalue weighted by Gasteiger charge is -2.34. The maximum atomic E-state index is 11.7. The maximum absolute atomic E-state index is 11.7. The number of aromatic amines is 1. The van der Waals surface area contributed by atoms with Crippen LogP contribution in [0.5, 0.6) is 11.5 Å². The quantitative estimate of drug-likeness (QED) is 0.117. The van der Waals surface area contributed by atoms with Crippen molar-refractivity contribution < 1.29 is 10.2 Å². The van der Waals surface area contributed by atoms with Crippen molar-refractivity contribution in [2.45, 2.75) is 64.8 Å². The van der Waals surface area contributed by atoms with Gasteiger partial charge in [-0.2, -0.15) is 15.4 Å². The Morgan fingerprint density at radius 1 is 0.881 bits per heavy atom. The van der Waals surface area contributed by atoms with Crippen molar-refractivity contribution in [1.82, 2.24) is 20.9 Å². The molecule has 1 atom stereocenters. The highest BCUT2D eigenvalue weighted by atomic mass is 16.3. The SMILES string of the molecule is CCCCCC(C)(C)c1ccc(O)c(C(c2c(O)ccc(C)c2-c2ccc3n[nH]nc3c2)N2NNc3ccccc32)c1. The van der Waals surface area contributed by atoms with Crippen molar-refractivity contribution in [2.75, 3.05) is 10.4 Å². The molecule has 0 spiro atoms. The average molecular weight is 563 g/mol. The third-order valence-corrected chi connectivity index (χ3v) is 8.55. The number of hydrogen-bond acceptors (Lipinski definition) is 7. The fraction of sp³-hybridized carbons (Fsp3) is 0.294. The predicted molar refractivity (Wildman–Crippen MR) is 169 cm³/mol. The molecule has 1 aromatic heterocycles. The summed E-state index contributed by atoms with van der Waals surface area (Å²) >= 11 is 0. The number of rotatable bonds is 9. The zero-order chi connectivity index (χ0) is 29.4. The molecule has 0 bridgehead atoms. The number of phenolic OH excluding ortho intramolecular Hbond substituents is 2. The van der Waals surface area contributed by atoms with Crippen LogP contribution in [-0.4, -0.2) is 25.6 Å². The molecule has 2 heterocycles. The summed E-state index contributed by atoms with van der Waals surface area (Å²) in [5.74, 6) is 0.303. The Kier molecular flexibility index (Phi) is 7.24. The van der Waals surface area contributed by atoms with Crippen LogP contribution in [0.1, 0.15) is 74.8 Å². The minimum absolute atomic E-state index is 0.0910. The van der Waals surface area contributed by atoms with E-state index in [1.807, 2.05) is 66.5 Å². The number of anilines is 2. The zero-order valence-corrected chi connectivity index (χ0v) is 24.6. The van der Waals surface area contributed by atoms with Gasteiger partial charge < -0.3 is 15.6 Å². The first-order chi connectivity index (χ1) is 20.3. The van der Waals surface area contributed by atoms with Gasteiger partial charge >= 0.3 is 0 Å². The van der Waals surface area contributed by atoms with Gasteiger partial charge in [0.2, 0.25) is 0 Å². The van der Waals surface area contributed by atoms with Crippen molar-refractivity contribution in [2.24, 2.45) is 0 Å². The monoisotopic (exact) mass is 562 g/mol. The molecule has 1 aliphatic heterocycles. The van der Waals surface area contributed by atoms with Crippen LogP contribution >= 0.6 is 0 Å². The lowest BCUT2D eigenvalue weighted by Crippen LogP contribution is -2.40. The van der Waals surface area contributed by atoms with Crippen LogP contribution < -0.4 is 16.0 Å². The zero-order valence-electron chi connectivity index (χ0n) is 24.6. The van der Waals surface area contributed by atoms with Gasteiger partial charge in [-0.1, -0.05) is 70.4 Å². The predicted octanol–water partition coefficient (Wildman–Crippen LogP) is 7.64. The summed E-state index contributed by atoms with van der Waals surface area (Å²) < 4.78 is 0. The fourth-order valence-electron chi connectivity index (χ4n) is 6.13. The molecule has 42 heavy (non-hydrogen) atoms. The Hall–Kier alpha value is -4.56. The highest BCUT2D eigenvalue weighted by Gasteiger charge is 2.35. The van der Waals surface area contributed by atoms with Gasteiger partial charge in [0.05, 0.1) is 11.4 Å². The van der Waals surface area contributed by atoms with Crippen LogP contribution in [0, 0.1) is 6.92 Å². The number of aromatic nitrogens is 3. The second-order valence-electron chi connectivity index (χ2n) is 11.9. The van der Waals surface area contributed by atoms with Gasteiger partial charge in [0.15, 0.2) is 0 Å². The largest absolute Gasteiger partial charge is 0.508 e. The molecule has 0 amide bonds. The topological polar surface area (TPSA) is 109 Å². The van der Waals surface area contributed by atoms with Gasteiger partial charge in [-0.25, -0.2) is 0 Å². The molecule has 5 N–H and O–H groups in total. The minimum atomic E-state index is -0.588. The molecule has 8 heteroatoms. The fourth-order valence-corrected chi connectivity index (χ4v) is 6.13. The molecule has 4 aromatic carbocycles. The number of nitrogens with zero attached hydrogens (tertiary/aromatic N) is 3. The van der Waals surface area contributed by atoms with Gasteiger partial charge in [0.25, 0.3) is 0 Å². The number of aryl methyl sites for hydroxylation is 1. The number of nitrogens with one attached hydrogen (secondary N) is 3. The highest BCUT2D eigenvalue weighted by Crippen LogP contribution is 2.48. The molecule has 1 unspecified atom stereocenters. The molecular weight excluding hydrogens is 524 g/mol. The molecular formula is C34H38N6O2. The van der Waals surface area contributed by atoms with E-state index < -0.39 is 6.04 Å². The van der Waals surface area contributed by atoms with Crippen molar-refractivity contribution in [3.8, 4) is 22.6 Å². The van der Waals surface area contributed by atoms with Crippen LogP contribution in [-0.2, 0) is 5.41 Å². The van der Waals surface area contributed by atoms with Crippen LogP contribution in [0.3, 0.4) is 0 Å². The molecule has 6 rings (SSSR count). The van der Waals surface area contributed by atoms with E-state index in [2.05, 4.69) is 53.2 Å². The van der Waals surface area contributed by atoms with Gasteiger partial charge in [-0.15, -0.1) is 5.53 Å². The normalized spacial score (nSPS) is 13.8. The molecule has 1 aliphatic rings. The van der Waals surface area contributed by atoms with E-state index in [1.54, 1.807) is 12.1 Å². The van der Waals surface area contributed by atoms with Crippen LogP contribution in [0.2, 0.25) is 0 Å². The summed E-state index contributed by atoms with van der Waals surface area (Å²) in [6.45, 7) is 8.79. The van der Waals surface area contributed by atoms with Crippen molar-refractivity contribution in [3.63, 3.8) is 0 Å². The number of hydrogen-bond donors (Lipinski definition) is 5. The number of H-pyrrole nitrogens is 1. The van der Waals surface area contributed by atoms with Crippen molar-refractivity contribution in [1.29, 1.82) is 0 Å². The Morgan fingerprint density at radius 2 is 1.67 bits per heavy atom. The Balaban J connectivity index is 1.58. The van der Waals surface area contributed by atoms with Crippen LogP contribution in [0.4, 0.5) is 11.4 Å². The van der Waals surface area contributed by atoms with Gasteiger partial charge in [0.1, 0.15) is 28.6 Å². The summed E-state index contributed by atoms with van der Waals surface area (Å²) in [6, 6.07) is 22.9. The van der Waals surface area contributed by atoms with E-state index in [0.29, 0.717) is 11.1 Å². The summed E-state index contributed by atoms with van der Waals surface area (Å²) in [5.41, 5.74) is 15.1. The van der Waals surface area contributed by atoms with Crippen LogP contribution in [0.15, 0.2) is 72.8 Å². The number of fused-ring (bicyclic) bond motifs is 2. The van der Waals surface area contributed by atoms with Gasteiger partial charge in [-0.3, -0.25) is 5.01 Å². The summed E-state index contributed by atoms with van der Waals surface area (Å²) in [7, 11) is 0. The number of para-hydroxylation sites is 2. The van der Waals surface area contributed by atoms with Crippen LogP contribution in [0.25, 0.3) is 22.2 Å². The first-order valence-corrected chi connectivity index (χ1v) is 14.6. The Morgan fingerprint density at radius 3 is 2.50 bits per heavy atom. The van der Waals surface area contributed by atoms with Gasteiger partial charge in [-0.05, 0) is 83.5 Å². The number of aromatic hydroxyl groups is 2. The van der Waals surface area contributed by atoms with E-state index >= 15 is 0 Å². The summed E-state index contributed by atoms with van der Waals surface area (Å²) in [6.07, 6.45) is 4.54. The molecule has 0 aliphatic carbocycles. The van der Waals surface area contributed by atoms with Crippen molar-refractivity contribution in [3.05, 3.63) is 95.1 Å². The Bertz CT molecular complexity index is 1740. The highest BCUT2D eigenvalue weighted by molar-refractivity contribution is 5.85. The second kappa shape index (κ2) is 11.0. The van der Waals surface area contributed by atoms with E-state index in [-0.39, 0.29) is 16.9 Å². The molecule has 5 aromatic rings. The Labute approximate surface area is 246 Å². The number of benzene rings is 4. The first-order valence-electron chi connectivity index (χ1n) is 14.6. The smallest absolute Gasteiger partial charge is 0.121 e. The first kappa shape index (κ1) is 27.6. The van der Waals surface area contributed by atoms with E-state index in [4.69, 9.17) is 0 Å².